The van der Waals surface area contributed by atoms with Crippen LogP contribution in [-0.4, -0.2) is 23.7 Å². The molecule has 1 aromatic carbocycles. The van der Waals surface area contributed by atoms with E-state index in [0.29, 0.717) is 6.42 Å². The molecule has 18 heavy (non-hydrogen) atoms. The van der Waals surface area contributed by atoms with E-state index in [-0.39, 0.29) is 18.6 Å². The van der Waals surface area contributed by atoms with Gasteiger partial charge < -0.3 is 10.4 Å². The predicted molar refractivity (Wildman–Crippen MR) is 73.5 cm³/mol. The van der Waals surface area contributed by atoms with Gasteiger partial charge >= 0.3 is 0 Å². The molecule has 0 radical (unpaired) electrons. The Labute approximate surface area is 109 Å². The van der Waals surface area contributed by atoms with Crippen molar-refractivity contribution in [2.75, 3.05) is 6.61 Å². The molecular weight excluding hydrogens is 226 g/mol. The Bertz CT molecular complexity index is 401. The van der Waals surface area contributed by atoms with Gasteiger partial charge in [-0.1, -0.05) is 23.8 Å². The van der Waals surface area contributed by atoms with Crippen molar-refractivity contribution in [1.29, 1.82) is 0 Å². The Kier molecular flexibility index (Phi) is 5.86. The van der Waals surface area contributed by atoms with Crippen molar-refractivity contribution in [3.05, 3.63) is 34.9 Å². The highest BCUT2D eigenvalue weighted by Crippen LogP contribution is 2.11. The largest absolute Gasteiger partial charge is 0.396 e. The highest BCUT2D eigenvalue weighted by molar-refractivity contribution is 5.79. The van der Waals surface area contributed by atoms with Gasteiger partial charge in [0.25, 0.3) is 0 Å². The van der Waals surface area contributed by atoms with Gasteiger partial charge in [-0.25, -0.2) is 0 Å². The molecule has 0 heterocycles. The van der Waals surface area contributed by atoms with Gasteiger partial charge in [0.1, 0.15) is 0 Å². The number of nitrogens with one attached hydrogen (secondary N) is 1. The molecule has 0 aromatic heterocycles. The topological polar surface area (TPSA) is 49.3 Å². The summed E-state index contributed by atoms with van der Waals surface area (Å²) in [6, 6.07) is 6.29. The number of hydrogen-bond donors (Lipinski definition) is 2. The lowest BCUT2D eigenvalue weighted by Crippen LogP contribution is -2.33. The molecule has 0 spiro atoms. The molecule has 2 N–H and O–H groups in total. The zero-order chi connectivity index (χ0) is 13.5. The molecule has 0 aliphatic carbocycles. The normalized spacial score (nSPS) is 12.2. The van der Waals surface area contributed by atoms with Gasteiger partial charge in [0, 0.05) is 12.6 Å². The Hall–Kier alpha value is -1.35. The van der Waals surface area contributed by atoms with Crippen molar-refractivity contribution < 1.29 is 9.90 Å². The molecule has 1 unspecified atom stereocenters. The molecule has 0 bridgehead atoms. The molecule has 1 aromatic rings. The van der Waals surface area contributed by atoms with Crippen molar-refractivity contribution >= 4 is 5.91 Å². The second-order valence-corrected chi connectivity index (χ2v) is 4.94. The number of rotatable bonds is 6. The van der Waals surface area contributed by atoms with Gasteiger partial charge in [0.15, 0.2) is 0 Å². The lowest BCUT2D eigenvalue weighted by Gasteiger charge is -2.14. The highest BCUT2D eigenvalue weighted by atomic mass is 16.2. The van der Waals surface area contributed by atoms with Gasteiger partial charge in [0.05, 0.1) is 6.42 Å². The van der Waals surface area contributed by atoms with Crippen LogP contribution in [0.1, 0.15) is 36.5 Å². The number of amides is 1. The molecule has 0 aliphatic heterocycles. The molecule has 0 saturated carbocycles. The van der Waals surface area contributed by atoms with E-state index in [1.807, 2.05) is 26.8 Å². The summed E-state index contributed by atoms with van der Waals surface area (Å²) in [5, 5.41) is 11.7. The number of benzene rings is 1. The fourth-order valence-corrected chi connectivity index (χ4v) is 1.96. The van der Waals surface area contributed by atoms with Crippen LogP contribution in [0.5, 0.6) is 0 Å². The highest BCUT2D eigenvalue weighted by Gasteiger charge is 2.09. The number of hydrogen-bond acceptors (Lipinski definition) is 2. The van der Waals surface area contributed by atoms with E-state index in [0.717, 1.165) is 24.0 Å². The fourth-order valence-electron chi connectivity index (χ4n) is 1.96. The molecule has 0 fully saturated rings. The second-order valence-electron chi connectivity index (χ2n) is 4.94. The average Bonchev–Trinajstić information content (AvgIpc) is 2.31. The summed E-state index contributed by atoms with van der Waals surface area (Å²) >= 11 is 0. The summed E-state index contributed by atoms with van der Waals surface area (Å²) in [7, 11) is 0. The van der Waals surface area contributed by atoms with E-state index < -0.39 is 0 Å². The van der Waals surface area contributed by atoms with Gasteiger partial charge in [-0.15, -0.1) is 0 Å². The summed E-state index contributed by atoms with van der Waals surface area (Å²) < 4.78 is 0. The van der Waals surface area contributed by atoms with Crippen LogP contribution in [-0.2, 0) is 11.2 Å². The summed E-state index contributed by atoms with van der Waals surface area (Å²) in [6.07, 6.45) is 1.97. The van der Waals surface area contributed by atoms with Crippen molar-refractivity contribution in [2.24, 2.45) is 0 Å². The zero-order valence-electron chi connectivity index (χ0n) is 11.5. The maximum Gasteiger partial charge on any atom is 0.224 e. The standard InChI is InChI=1S/C15H23NO2/c1-11-6-7-12(2)14(9-11)10-15(18)16-13(3)5-4-8-17/h6-7,9,13,17H,4-5,8,10H2,1-3H3,(H,16,18). The summed E-state index contributed by atoms with van der Waals surface area (Å²) in [5.41, 5.74) is 3.41. The maximum absolute atomic E-state index is 11.9. The number of carbonyl (C=O) groups excluding carboxylic acids is 1. The number of aliphatic hydroxyl groups is 1. The molecule has 1 amide bonds. The predicted octanol–water partition coefficient (Wildman–Crippen LogP) is 2.12. The minimum absolute atomic E-state index is 0.0501. The van der Waals surface area contributed by atoms with Gasteiger partial charge in [-0.2, -0.15) is 0 Å². The van der Waals surface area contributed by atoms with E-state index in [4.69, 9.17) is 5.11 Å². The minimum Gasteiger partial charge on any atom is -0.396 e. The van der Waals surface area contributed by atoms with Crippen LogP contribution in [0.25, 0.3) is 0 Å². The molecule has 1 rings (SSSR count). The van der Waals surface area contributed by atoms with E-state index in [2.05, 4.69) is 17.4 Å². The quantitative estimate of drug-likeness (QED) is 0.811. The monoisotopic (exact) mass is 249 g/mol. The number of aryl methyl sites for hydroxylation is 2. The third-order valence-corrected chi connectivity index (χ3v) is 3.06. The van der Waals surface area contributed by atoms with Crippen molar-refractivity contribution in [3.63, 3.8) is 0 Å². The summed E-state index contributed by atoms with van der Waals surface area (Å²) in [4.78, 5) is 11.9. The SMILES string of the molecule is Cc1ccc(C)c(CC(=O)NC(C)CCCO)c1. The maximum atomic E-state index is 11.9. The van der Waals surface area contributed by atoms with Crippen molar-refractivity contribution in [1.82, 2.24) is 5.32 Å². The Balaban J connectivity index is 2.51. The Morgan fingerprint density at radius 3 is 2.78 bits per heavy atom. The van der Waals surface area contributed by atoms with Gasteiger partial charge in [-0.05, 0) is 44.7 Å². The van der Waals surface area contributed by atoms with Crippen LogP contribution < -0.4 is 5.32 Å². The Morgan fingerprint density at radius 2 is 2.11 bits per heavy atom. The fraction of sp³-hybridized carbons (Fsp3) is 0.533. The molecule has 100 valence electrons. The van der Waals surface area contributed by atoms with Crippen LogP contribution in [0.2, 0.25) is 0 Å². The smallest absolute Gasteiger partial charge is 0.224 e. The van der Waals surface area contributed by atoms with E-state index in [9.17, 15) is 4.79 Å². The van der Waals surface area contributed by atoms with Crippen LogP contribution in [0.3, 0.4) is 0 Å². The molecular formula is C15H23NO2. The number of aliphatic hydroxyl groups excluding tert-OH is 1. The van der Waals surface area contributed by atoms with Gasteiger partial charge in [-0.3, -0.25) is 4.79 Å². The third-order valence-electron chi connectivity index (χ3n) is 3.06. The van der Waals surface area contributed by atoms with Crippen molar-refractivity contribution in [2.45, 2.75) is 46.1 Å². The first kappa shape index (κ1) is 14.7. The molecule has 1 atom stereocenters. The first-order valence-electron chi connectivity index (χ1n) is 6.49. The van der Waals surface area contributed by atoms with Crippen LogP contribution in [0.15, 0.2) is 18.2 Å². The second kappa shape index (κ2) is 7.17. The molecule has 0 aliphatic rings. The average molecular weight is 249 g/mol. The summed E-state index contributed by atoms with van der Waals surface area (Å²) in [5.74, 6) is 0.0501. The first-order valence-corrected chi connectivity index (χ1v) is 6.49. The molecule has 3 nitrogen and oxygen atoms in total. The van der Waals surface area contributed by atoms with Crippen LogP contribution >= 0.6 is 0 Å². The zero-order valence-corrected chi connectivity index (χ0v) is 11.5. The minimum atomic E-state index is 0.0501. The molecule has 3 heteroatoms. The van der Waals surface area contributed by atoms with Crippen molar-refractivity contribution in [3.8, 4) is 0 Å². The number of carbonyl (C=O) groups is 1. The summed E-state index contributed by atoms with van der Waals surface area (Å²) in [6.45, 7) is 6.20. The molecule has 0 saturated heterocycles. The van der Waals surface area contributed by atoms with Gasteiger partial charge in [0.2, 0.25) is 5.91 Å². The third kappa shape index (κ3) is 4.88. The van der Waals surface area contributed by atoms with E-state index in [1.54, 1.807) is 0 Å². The first-order chi connectivity index (χ1) is 8.52. The lowest BCUT2D eigenvalue weighted by molar-refractivity contribution is -0.121. The van der Waals surface area contributed by atoms with Crippen LogP contribution in [0.4, 0.5) is 0 Å². The lowest BCUT2D eigenvalue weighted by atomic mass is 10.0. The van der Waals surface area contributed by atoms with E-state index >= 15 is 0 Å². The Morgan fingerprint density at radius 1 is 1.39 bits per heavy atom. The van der Waals surface area contributed by atoms with Crippen LogP contribution in [0, 0.1) is 13.8 Å². The van der Waals surface area contributed by atoms with E-state index in [1.165, 1.54) is 5.56 Å².